The summed E-state index contributed by atoms with van der Waals surface area (Å²) in [6.45, 7) is 12.4. The van der Waals surface area contributed by atoms with Gasteiger partial charge in [0.15, 0.2) is 0 Å². The molecule has 0 amide bonds. The highest BCUT2D eigenvalue weighted by molar-refractivity contribution is 5.39. The Hall–Kier alpha value is -0.0800. The number of hydrogen-bond donors (Lipinski definition) is 1. The lowest BCUT2D eigenvalue weighted by Gasteiger charge is -2.48. The van der Waals surface area contributed by atoms with Crippen LogP contribution in [0.3, 0.4) is 0 Å². The fourth-order valence-corrected chi connectivity index (χ4v) is 6.35. The summed E-state index contributed by atoms with van der Waals surface area (Å²) in [7, 11) is 4.58. The van der Waals surface area contributed by atoms with E-state index in [0.717, 1.165) is 0 Å². The summed E-state index contributed by atoms with van der Waals surface area (Å²) in [5.74, 6) is 0. The van der Waals surface area contributed by atoms with Gasteiger partial charge >= 0.3 is 0 Å². The first kappa shape index (κ1) is 12.0. The van der Waals surface area contributed by atoms with Gasteiger partial charge in [-0.05, 0) is 51.6 Å². The highest BCUT2D eigenvalue weighted by Crippen LogP contribution is 2.83. The van der Waals surface area contributed by atoms with E-state index >= 15 is 0 Å². The molecular formula is C15H28N2. The topological polar surface area (TPSA) is 15.3 Å². The van der Waals surface area contributed by atoms with Crippen molar-refractivity contribution in [1.29, 1.82) is 0 Å². The van der Waals surface area contributed by atoms with Crippen molar-refractivity contribution in [3.63, 3.8) is 0 Å². The predicted octanol–water partition coefficient (Wildman–Crippen LogP) is 2.49. The van der Waals surface area contributed by atoms with Crippen molar-refractivity contribution in [2.24, 2.45) is 16.2 Å². The van der Waals surface area contributed by atoms with E-state index in [9.17, 15) is 0 Å². The largest absolute Gasteiger partial charge is 0.311 e. The molecule has 0 bridgehead atoms. The molecule has 0 aromatic carbocycles. The Kier molecular flexibility index (Phi) is 1.94. The number of fused-ring (bicyclic) bond motifs is 3. The van der Waals surface area contributed by atoms with Crippen LogP contribution in [0.4, 0.5) is 0 Å². The van der Waals surface area contributed by atoms with E-state index in [1.54, 1.807) is 0 Å². The van der Waals surface area contributed by atoms with Gasteiger partial charge in [-0.25, -0.2) is 0 Å². The fraction of sp³-hybridized carbons (Fsp3) is 1.00. The molecule has 0 spiro atoms. The SMILES string of the molecule is CC1NC(C)C2(C)C1(C)CC1(C)CC12N(C)C. The lowest BCUT2D eigenvalue weighted by atomic mass is 9.60. The van der Waals surface area contributed by atoms with Crippen molar-refractivity contribution >= 4 is 0 Å². The molecule has 3 fully saturated rings. The molecule has 3 rings (SSSR count). The van der Waals surface area contributed by atoms with Gasteiger partial charge in [0.25, 0.3) is 0 Å². The van der Waals surface area contributed by atoms with Crippen LogP contribution in [0.25, 0.3) is 0 Å². The van der Waals surface area contributed by atoms with Gasteiger partial charge in [0, 0.05) is 23.0 Å². The maximum atomic E-state index is 3.83. The number of nitrogens with zero attached hydrogens (tertiary/aromatic N) is 1. The maximum absolute atomic E-state index is 3.83. The molecule has 2 heteroatoms. The van der Waals surface area contributed by atoms with Gasteiger partial charge in [0.05, 0.1) is 0 Å². The van der Waals surface area contributed by atoms with Crippen molar-refractivity contribution in [3.8, 4) is 0 Å². The quantitative estimate of drug-likeness (QED) is 0.752. The lowest BCUT2D eigenvalue weighted by Crippen LogP contribution is -2.54. The molecule has 3 aliphatic rings. The minimum atomic E-state index is 0.400. The summed E-state index contributed by atoms with van der Waals surface area (Å²) in [4.78, 5) is 2.54. The maximum Gasteiger partial charge on any atom is 0.0337 e. The molecule has 6 atom stereocenters. The smallest absolute Gasteiger partial charge is 0.0337 e. The molecule has 2 aliphatic carbocycles. The number of nitrogens with one attached hydrogen (secondary N) is 1. The third-order valence-electron chi connectivity index (χ3n) is 7.41. The van der Waals surface area contributed by atoms with Crippen LogP contribution < -0.4 is 5.32 Å². The van der Waals surface area contributed by atoms with Gasteiger partial charge in [0.1, 0.15) is 0 Å². The van der Waals surface area contributed by atoms with Gasteiger partial charge in [-0.15, -0.1) is 0 Å². The first-order valence-corrected chi connectivity index (χ1v) is 7.09. The number of rotatable bonds is 1. The minimum absolute atomic E-state index is 0.400. The van der Waals surface area contributed by atoms with Gasteiger partial charge < -0.3 is 10.2 Å². The predicted molar refractivity (Wildman–Crippen MR) is 72.0 cm³/mol. The fourth-order valence-electron chi connectivity index (χ4n) is 6.35. The first-order valence-electron chi connectivity index (χ1n) is 7.09. The van der Waals surface area contributed by atoms with Gasteiger partial charge in [-0.2, -0.15) is 0 Å². The molecule has 0 radical (unpaired) electrons. The standard InChI is InChI=1S/C15H28N2/c1-10-13(4)8-12(3)9-15(12,17(6)7)14(13,5)11(2)16-10/h10-11,16H,8-9H2,1-7H3. The zero-order valence-electron chi connectivity index (χ0n) is 12.5. The summed E-state index contributed by atoms with van der Waals surface area (Å²) in [6, 6.07) is 1.26. The van der Waals surface area contributed by atoms with Crippen LogP contribution in [0.1, 0.15) is 47.5 Å². The zero-order chi connectivity index (χ0) is 12.9. The molecule has 0 aromatic heterocycles. The van der Waals surface area contributed by atoms with E-state index in [0.29, 0.717) is 33.9 Å². The molecule has 0 aromatic rings. The van der Waals surface area contributed by atoms with E-state index in [1.165, 1.54) is 12.8 Å². The van der Waals surface area contributed by atoms with Gasteiger partial charge in [-0.3, -0.25) is 0 Å². The molecule has 2 nitrogen and oxygen atoms in total. The Morgan fingerprint density at radius 2 is 1.59 bits per heavy atom. The van der Waals surface area contributed by atoms with E-state index in [1.807, 2.05) is 0 Å². The summed E-state index contributed by atoms with van der Waals surface area (Å²) in [5.41, 5.74) is 1.82. The second-order valence-electron chi connectivity index (χ2n) is 7.90. The molecule has 98 valence electrons. The second kappa shape index (κ2) is 2.75. The lowest BCUT2D eigenvalue weighted by molar-refractivity contribution is 0.0187. The van der Waals surface area contributed by atoms with E-state index in [2.05, 4.69) is 58.9 Å². The molecule has 2 saturated carbocycles. The molecule has 1 heterocycles. The highest BCUT2D eigenvalue weighted by atomic mass is 15.3. The Morgan fingerprint density at radius 1 is 1.00 bits per heavy atom. The zero-order valence-corrected chi connectivity index (χ0v) is 12.5. The second-order valence-corrected chi connectivity index (χ2v) is 7.90. The van der Waals surface area contributed by atoms with Crippen molar-refractivity contribution in [3.05, 3.63) is 0 Å². The van der Waals surface area contributed by atoms with Gasteiger partial charge in [0.2, 0.25) is 0 Å². The van der Waals surface area contributed by atoms with E-state index in [4.69, 9.17) is 0 Å². The molecule has 1 saturated heterocycles. The van der Waals surface area contributed by atoms with Gasteiger partial charge in [-0.1, -0.05) is 20.8 Å². The third-order valence-corrected chi connectivity index (χ3v) is 7.41. The number of hydrogen-bond acceptors (Lipinski definition) is 2. The summed E-state index contributed by atoms with van der Waals surface area (Å²) >= 11 is 0. The van der Waals surface area contributed by atoms with Crippen LogP contribution in [-0.4, -0.2) is 36.6 Å². The third kappa shape index (κ3) is 0.889. The average molecular weight is 236 g/mol. The Balaban J connectivity index is 2.17. The minimum Gasteiger partial charge on any atom is -0.311 e. The van der Waals surface area contributed by atoms with Crippen molar-refractivity contribution in [2.45, 2.75) is 65.1 Å². The monoisotopic (exact) mass is 236 g/mol. The van der Waals surface area contributed by atoms with Crippen LogP contribution in [0.15, 0.2) is 0 Å². The van der Waals surface area contributed by atoms with Crippen LogP contribution in [0.2, 0.25) is 0 Å². The van der Waals surface area contributed by atoms with Crippen molar-refractivity contribution < 1.29 is 0 Å². The van der Waals surface area contributed by atoms with Crippen LogP contribution in [-0.2, 0) is 0 Å². The molecule has 1 N–H and O–H groups in total. The highest BCUT2D eigenvalue weighted by Gasteiger charge is 2.86. The molecule has 1 aliphatic heterocycles. The first-order chi connectivity index (χ1) is 7.66. The summed E-state index contributed by atoms with van der Waals surface area (Å²) in [6.07, 6.45) is 2.77. The van der Waals surface area contributed by atoms with E-state index in [-0.39, 0.29) is 0 Å². The average Bonchev–Trinajstić information content (AvgIpc) is 2.73. The van der Waals surface area contributed by atoms with Crippen LogP contribution >= 0.6 is 0 Å². The van der Waals surface area contributed by atoms with Crippen LogP contribution in [0.5, 0.6) is 0 Å². The van der Waals surface area contributed by atoms with Crippen molar-refractivity contribution in [2.75, 3.05) is 14.1 Å². The molecule has 17 heavy (non-hydrogen) atoms. The van der Waals surface area contributed by atoms with Crippen molar-refractivity contribution in [1.82, 2.24) is 10.2 Å². The molecular weight excluding hydrogens is 208 g/mol. The Labute approximate surface area is 106 Å². The molecule has 6 unspecified atom stereocenters. The summed E-state index contributed by atoms with van der Waals surface area (Å²) in [5, 5.41) is 3.83. The Morgan fingerprint density at radius 3 is 2.12 bits per heavy atom. The normalized spacial score (nSPS) is 64.9. The summed E-state index contributed by atoms with van der Waals surface area (Å²) < 4.78 is 0. The van der Waals surface area contributed by atoms with E-state index < -0.39 is 0 Å². The Bertz CT molecular complexity index is 379. The van der Waals surface area contributed by atoms with Crippen LogP contribution in [0, 0.1) is 16.2 Å².